The summed E-state index contributed by atoms with van der Waals surface area (Å²) >= 11 is 0. The third-order valence-electron chi connectivity index (χ3n) is 2.65. The largest absolute Gasteiger partial charge is 0.384 e. The number of pyridine rings is 1. The molecule has 118 valence electrons. The van der Waals surface area contributed by atoms with Gasteiger partial charge in [-0.25, -0.2) is 13.8 Å². The number of alkyl halides is 2. The van der Waals surface area contributed by atoms with Gasteiger partial charge in [0.05, 0.1) is 6.61 Å². The van der Waals surface area contributed by atoms with Crippen molar-refractivity contribution in [1.29, 1.82) is 0 Å². The number of rotatable bonds is 6. The van der Waals surface area contributed by atoms with E-state index >= 15 is 0 Å². The van der Waals surface area contributed by atoms with Crippen LogP contribution in [0.2, 0.25) is 0 Å². The molecule has 3 N–H and O–H groups in total. The Labute approximate surface area is 122 Å². The summed E-state index contributed by atoms with van der Waals surface area (Å²) in [5, 5.41) is 2.59. The molecule has 0 spiro atoms. The van der Waals surface area contributed by atoms with Gasteiger partial charge in [-0.3, -0.25) is 4.79 Å². The molecule has 1 rings (SSSR count). The van der Waals surface area contributed by atoms with Gasteiger partial charge in [0.1, 0.15) is 12.4 Å². The van der Waals surface area contributed by atoms with E-state index in [0.29, 0.717) is 11.3 Å². The van der Waals surface area contributed by atoms with Crippen LogP contribution in [0.4, 0.5) is 14.6 Å². The quantitative estimate of drug-likeness (QED) is 0.788. The lowest BCUT2D eigenvalue weighted by Crippen LogP contribution is -2.28. The maximum atomic E-state index is 12.0. The molecule has 0 saturated heterocycles. The summed E-state index contributed by atoms with van der Waals surface area (Å²) < 4.78 is 28.4. The van der Waals surface area contributed by atoms with Crippen molar-refractivity contribution in [3.63, 3.8) is 0 Å². The molecule has 0 unspecified atom stereocenters. The zero-order valence-corrected chi connectivity index (χ0v) is 12.5. The first-order valence-corrected chi connectivity index (χ1v) is 6.62. The molecule has 1 heterocycles. The van der Waals surface area contributed by atoms with Gasteiger partial charge in [-0.2, -0.15) is 0 Å². The molecular formula is C14H21F2N3O2. The fraction of sp³-hybridized carbons (Fsp3) is 0.571. The minimum absolute atomic E-state index is 0.0305. The van der Waals surface area contributed by atoms with Gasteiger partial charge in [0.2, 0.25) is 0 Å². The van der Waals surface area contributed by atoms with Crippen molar-refractivity contribution in [2.45, 2.75) is 32.6 Å². The second kappa shape index (κ2) is 7.31. The molecule has 1 amide bonds. The third-order valence-corrected chi connectivity index (χ3v) is 2.65. The van der Waals surface area contributed by atoms with E-state index in [1.807, 2.05) is 20.8 Å². The Hall–Kier alpha value is -1.76. The molecule has 0 radical (unpaired) electrons. The van der Waals surface area contributed by atoms with E-state index in [1.54, 1.807) is 6.07 Å². The van der Waals surface area contributed by atoms with Crippen LogP contribution in [0.1, 0.15) is 36.8 Å². The van der Waals surface area contributed by atoms with Gasteiger partial charge in [-0.1, -0.05) is 20.8 Å². The highest BCUT2D eigenvalue weighted by molar-refractivity contribution is 5.94. The topological polar surface area (TPSA) is 77.2 Å². The highest BCUT2D eigenvalue weighted by Crippen LogP contribution is 2.22. The molecular weight excluding hydrogens is 280 g/mol. The highest BCUT2D eigenvalue weighted by Gasteiger charge is 2.18. The number of nitrogens with two attached hydrogens (primary N) is 1. The number of anilines is 1. The Bertz CT molecular complexity index is 488. The molecule has 7 heteroatoms. The van der Waals surface area contributed by atoms with Gasteiger partial charge in [-0.05, 0) is 12.1 Å². The zero-order valence-electron chi connectivity index (χ0n) is 12.5. The van der Waals surface area contributed by atoms with E-state index in [9.17, 15) is 13.6 Å². The standard InChI is InChI=1S/C14H21F2N3O2/c1-14(2,3)10-6-9(7-12(17)19-10)13(20)18-4-5-21-8-11(15)16/h6-7,11H,4-5,8H2,1-3H3,(H2,17,19)(H,18,20). The Morgan fingerprint density at radius 3 is 2.67 bits per heavy atom. The molecule has 0 aliphatic carbocycles. The van der Waals surface area contributed by atoms with Crippen LogP contribution in [-0.4, -0.2) is 37.1 Å². The van der Waals surface area contributed by atoms with Gasteiger partial charge in [0.15, 0.2) is 0 Å². The number of nitrogen functional groups attached to an aromatic ring is 1. The van der Waals surface area contributed by atoms with Crippen molar-refractivity contribution >= 4 is 11.7 Å². The average molecular weight is 301 g/mol. The molecule has 0 atom stereocenters. The van der Waals surface area contributed by atoms with Gasteiger partial charge >= 0.3 is 0 Å². The summed E-state index contributed by atoms with van der Waals surface area (Å²) in [6.07, 6.45) is -2.50. The first-order valence-electron chi connectivity index (χ1n) is 6.62. The van der Waals surface area contributed by atoms with Crippen molar-refractivity contribution in [3.8, 4) is 0 Å². The number of hydrogen-bond donors (Lipinski definition) is 2. The number of carbonyl (C=O) groups is 1. The summed E-state index contributed by atoms with van der Waals surface area (Å²) in [5.41, 5.74) is 6.57. The molecule has 0 fully saturated rings. The van der Waals surface area contributed by atoms with E-state index in [4.69, 9.17) is 5.73 Å². The number of amides is 1. The summed E-state index contributed by atoms with van der Waals surface area (Å²) in [5.74, 6) is -0.0724. The highest BCUT2D eigenvalue weighted by atomic mass is 19.3. The first-order chi connectivity index (χ1) is 9.70. The van der Waals surface area contributed by atoms with Crippen molar-refractivity contribution in [2.75, 3.05) is 25.5 Å². The Morgan fingerprint density at radius 1 is 1.43 bits per heavy atom. The molecule has 0 aromatic carbocycles. The molecule has 0 aliphatic heterocycles. The fourth-order valence-corrected chi connectivity index (χ4v) is 1.58. The molecule has 0 bridgehead atoms. The minimum Gasteiger partial charge on any atom is -0.384 e. The van der Waals surface area contributed by atoms with Gasteiger partial charge in [0.25, 0.3) is 12.3 Å². The van der Waals surface area contributed by atoms with Crippen molar-refractivity contribution in [2.24, 2.45) is 0 Å². The second-order valence-corrected chi connectivity index (χ2v) is 5.64. The monoisotopic (exact) mass is 301 g/mol. The zero-order chi connectivity index (χ0) is 16.0. The normalized spacial score (nSPS) is 11.7. The Kier molecular flexibility index (Phi) is 6.02. The van der Waals surface area contributed by atoms with E-state index in [1.165, 1.54) is 6.07 Å². The van der Waals surface area contributed by atoms with E-state index < -0.39 is 13.0 Å². The van der Waals surface area contributed by atoms with Crippen LogP contribution in [0, 0.1) is 0 Å². The first kappa shape index (κ1) is 17.3. The smallest absolute Gasteiger partial charge is 0.261 e. The lowest BCUT2D eigenvalue weighted by molar-refractivity contribution is 0.0188. The maximum Gasteiger partial charge on any atom is 0.261 e. The van der Waals surface area contributed by atoms with Crippen molar-refractivity contribution in [1.82, 2.24) is 10.3 Å². The van der Waals surface area contributed by atoms with E-state index in [0.717, 1.165) is 0 Å². The average Bonchev–Trinajstić information content (AvgIpc) is 2.36. The number of nitrogens with zero attached hydrogens (tertiary/aromatic N) is 1. The van der Waals surface area contributed by atoms with Crippen LogP contribution in [0.25, 0.3) is 0 Å². The van der Waals surface area contributed by atoms with Crippen LogP contribution in [0.5, 0.6) is 0 Å². The van der Waals surface area contributed by atoms with Gasteiger partial charge < -0.3 is 15.8 Å². The van der Waals surface area contributed by atoms with Crippen LogP contribution < -0.4 is 11.1 Å². The summed E-state index contributed by atoms with van der Waals surface area (Å²) in [6.45, 7) is 5.45. The summed E-state index contributed by atoms with van der Waals surface area (Å²) in [7, 11) is 0. The number of hydrogen-bond acceptors (Lipinski definition) is 4. The van der Waals surface area contributed by atoms with Crippen LogP contribution in [0.15, 0.2) is 12.1 Å². The predicted octanol–water partition coefficient (Wildman–Crippen LogP) is 1.97. The van der Waals surface area contributed by atoms with Crippen molar-refractivity contribution < 1.29 is 18.3 Å². The Balaban J connectivity index is 2.60. The van der Waals surface area contributed by atoms with Gasteiger partial charge in [-0.15, -0.1) is 0 Å². The lowest BCUT2D eigenvalue weighted by atomic mass is 9.90. The van der Waals surface area contributed by atoms with Gasteiger partial charge in [0, 0.05) is 23.2 Å². The van der Waals surface area contributed by atoms with Crippen LogP contribution >= 0.6 is 0 Å². The SMILES string of the molecule is CC(C)(C)c1cc(C(=O)NCCOCC(F)F)cc(N)n1. The number of ether oxygens (including phenoxy) is 1. The number of nitrogens with one attached hydrogen (secondary N) is 1. The van der Waals surface area contributed by atoms with E-state index in [-0.39, 0.29) is 30.3 Å². The number of aromatic nitrogens is 1. The molecule has 5 nitrogen and oxygen atoms in total. The molecule has 1 aromatic rings. The van der Waals surface area contributed by atoms with Crippen LogP contribution in [-0.2, 0) is 10.2 Å². The number of carbonyl (C=O) groups excluding carboxylic acids is 1. The van der Waals surface area contributed by atoms with E-state index in [2.05, 4.69) is 15.0 Å². The molecule has 0 saturated carbocycles. The lowest BCUT2D eigenvalue weighted by Gasteiger charge is -2.19. The minimum atomic E-state index is -2.50. The molecule has 1 aromatic heterocycles. The summed E-state index contributed by atoms with van der Waals surface area (Å²) in [4.78, 5) is 16.2. The summed E-state index contributed by atoms with van der Waals surface area (Å²) in [6, 6.07) is 3.15. The third kappa shape index (κ3) is 6.03. The van der Waals surface area contributed by atoms with Crippen molar-refractivity contribution in [3.05, 3.63) is 23.4 Å². The van der Waals surface area contributed by atoms with Crippen LogP contribution in [0.3, 0.4) is 0 Å². The molecule has 0 aliphatic rings. The maximum absolute atomic E-state index is 12.0. The second-order valence-electron chi connectivity index (χ2n) is 5.64. The fourth-order valence-electron chi connectivity index (χ4n) is 1.58. The predicted molar refractivity (Wildman–Crippen MR) is 76.5 cm³/mol. The number of halogens is 2. The molecule has 21 heavy (non-hydrogen) atoms. The Morgan fingerprint density at radius 2 is 2.10 bits per heavy atom.